The summed E-state index contributed by atoms with van der Waals surface area (Å²) in [6.07, 6.45) is 7.00. The molecule has 0 spiro atoms. The molecule has 4 aromatic heterocycles. The van der Waals surface area contributed by atoms with Crippen molar-refractivity contribution in [1.82, 2.24) is 24.9 Å². The van der Waals surface area contributed by atoms with Gasteiger partial charge in [-0.2, -0.15) is 0 Å². The third kappa shape index (κ3) is 5.95. The third-order valence-electron chi connectivity index (χ3n) is 7.32. The second kappa shape index (κ2) is 12.0. The molecule has 1 aliphatic rings. The lowest BCUT2D eigenvalue weighted by Gasteiger charge is -2.24. The van der Waals surface area contributed by atoms with E-state index < -0.39 is 0 Å². The highest BCUT2D eigenvalue weighted by atomic mass is 15.1. The summed E-state index contributed by atoms with van der Waals surface area (Å²) in [5, 5.41) is 8.09. The summed E-state index contributed by atoms with van der Waals surface area (Å²) >= 11 is 0. The van der Waals surface area contributed by atoms with E-state index in [0.29, 0.717) is 11.5 Å². The molecule has 9 heteroatoms. The number of dihydropyridines is 1. The number of nitrogens with one attached hydrogen (secondary N) is 3. The van der Waals surface area contributed by atoms with Crippen LogP contribution in [0.2, 0.25) is 0 Å². The SMILES string of the molecule is CCCN(CCC)c1ccc2nc(C)cc(Nc3ccc(-c4nc5nc(NC6=CC(C)=NCC6)ccc5[nH]4)nc3)c2c1. The predicted molar refractivity (Wildman–Crippen MR) is 174 cm³/mol. The van der Waals surface area contributed by atoms with Crippen LogP contribution in [0.5, 0.6) is 0 Å². The first-order valence-corrected chi connectivity index (χ1v) is 14.7. The van der Waals surface area contributed by atoms with E-state index in [-0.39, 0.29) is 0 Å². The van der Waals surface area contributed by atoms with Crippen molar-refractivity contribution in [2.45, 2.75) is 47.0 Å². The molecule has 3 N–H and O–H groups in total. The molecule has 0 radical (unpaired) electrons. The Labute approximate surface area is 246 Å². The molecule has 6 rings (SSSR count). The van der Waals surface area contributed by atoms with Gasteiger partial charge in [-0.25, -0.2) is 9.97 Å². The molecule has 42 heavy (non-hydrogen) atoms. The number of allylic oxidation sites excluding steroid dienone is 1. The van der Waals surface area contributed by atoms with Gasteiger partial charge in [-0.1, -0.05) is 13.8 Å². The van der Waals surface area contributed by atoms with Crippen molar-refractivity contribution >= 4 is 50.7 Å². The number of hydrogen-bond acceptors (Lipinski definition) is 8. The van der Waals surface area contributed by atoms with Crippen LogP contribution in [0.15, 0.2) is 71.5 Å². The van der Waals surface area contributed by atoms with Gasteiger partial charge >= 0.3 is 0 Å². The lowest BCUT2D eigenvalue weighted by molar-refractivity contribution is 0.745. The van der Waals surface area contributed by atoms with Crippen molar-refractivity contribution in [2.24, 2.45) is 4.99 Å². The van der Waals surface area contributed by atoms with Crippen LogP contribution in [0.1, 0.15) is 45.7 Å². The molecule has 0 fully saturated rings. The molecule has 0 saturated carbocycles. The molecule has 5 heterocycles. The van der Waals surface area contributed by atoms with Gasteiger partial charge in [0.15, 0.2) is 11.5 Å². The van der Waals surface area contributed by atoms with Crippen LogP contribution in [0.3, 0.4) is 0 Å². The van der Waals surface area contributed by atoms with Crippen LogP contribution in [-0.2, 0) is 0 Å². The normalized spacial score (nSPS) is 13.2. The monoisotopic (exact) mass is 559 g/mol. The van der Waals surface area contributed by atoms with Gasteiger partial charge in [0.05, 0.1) is 22.9 Å². The summed E-state index contributed by atoms with van der Waals surface area (Å²) in [6.45, 7) is 11.4. The maximum Gasteiger partial charge on any atom is 0.180 e. The summed E-state index contributed by atoms with van der Waals surface area (Å²) in [6, 6.07) is 16.6. The quantitative estimate of drug-likeness (QED) is 0.164. The molecule has 0 aliphatic carbocycles. The highest BCUT2D eigenvalue weighted by Crippen LogP contribution is 2.31. The second-order valence-electron chi connectivity index (χ2n) is 10.8. The molecule has 1 aliphatic heterocycles. The summed E-state index contributed by atoms with van der Waals surface area (Å²) in [5.74, 6) is 1.45. The highest BCUT2D eigenvalue weighted by Gasteiger charge is 2.13. The number of aromatic amines is 1. The zero-order chi connectivity index (χ0) is 29.1. The molecule has 0 unspecified atom stereocenters. The number of benzene rings is 1. The van der Waals surface area contributed by atoms with Gasteiger partial charge in [0.1, 0.15) is 11.5 Å². The highest BCUT2D eigenvalue weighted by molar-refractivity contribution is 5.96. The van der Waals surface area contributed by atoms with Crippen LogP contribution in [0.25, 0.3) is 33.6 Å². The molecule has 0 saturated heterocycles. The number of hydrogen-bond donors (Lipinski definition) is 3. The van der Waals surface area contributed by atoms with Crippen LogP contribution < -0.4 is 15.5 Å². The number of pyridine rings is 3. The standard InChI is InChI=1S/C33H37N9/c1-5-15-42(16-6-2)25-8-10-27-26(19-25)30(18-22(4)36-27)37-24-7-9-28(35-20-24)32-39-29-11-12-31(40-33(29)41-32)38-23-13-14-34-21(3)17-23/h7-12,17-20H,5-6,13-16H2,1-4H3,(H,36,37)(H2,38,39,40,41). The number of fused-ring (bicyclic) bond motifs is 2. The van der Waals surface area contributed by atoms with Gasteiger partial charge in [0.2, 0.25) is 0 Å². The summed E-state index contributed by atoms with van der Waals surface area (Å²) in [4.78, 5) is 29.2. The minimum absolute atomic E-state index is 0.649. The largest absolute Gasteiger partial charge is 0.372 e. The van der Waals surface area contributed by atoms with E-state index in [9.17, 15) is 0 Å². The molecular formula is C33H37N9. The molecular weight excluding hydrogens is 522 g/mol. The van der Waals surface area contributed by atoms with Crippen molar-refractivity contribution in [3.8, 4) is 11.5 Å². The number of anilines is 4. The Bertz CT molecular complexity index is 1780. The second-order valence-corrected chi connectivity index (χ2v) is 10.8. The molecule has 5 aromatic rings. The first-order chi connectivity index (χ1) is 20.5. The summed E-state index contributed by atoms with van der Waals surface area (Å²) < 4.78 is 0. The summed E-state index contributed by atoms with van der Waals surface area (Å²) in [5.41, 5.74) is 9.49. The maximum absolute atomic E-state index is 4.78. The fraction of sp³-hybridized carbons (Fsp3) is 0.303. The van der Waals surface area contributed by atoms with Gasteiger partial charge in [0, 0.05) is 59.9 Å². The van der Waals surface area contributed by atoms with Crippen molar-refractivity contribution in [3.63, 3.8) is 0 Å². The minimum atomic E-state index is 0.649. The number of aryl methyl sites for hydroxylation is 1. The fourth-order valence-corrected chi connectivity index (χ4v) is 5.39. The topological polar surface area (TPSA) is 107 Å². The van der Waals surface area contributed by atoms with E-state index in [1.165, 1.54) is 5.69 Å². The minimum Gasteiger partial charge on any atom is -0.372 e. The molecule has 214 valence electrons. The Hall–Kier alpha value is -4.79. The molecule has 9 nitrogen and oxygen atoms in total. The van der Waals surface area contributed by atoms with E-state index in [1.807, 2.05) is 44.3 Å². The average Bonchev–Trinajstić information content (AvgIpc) is 3.41. The van der Waals surface area contributed by atoms with Crippen LogP contribution in [-0.4, -0.2) is 50.3 Å². The fourth-order valence-electron chi connectivity index (χ4n) is 5.39. The average molecular weight is 560 g/mol. The number of imidazole rings is 1. The molecule has 0 atom stereocenters. The lowest BCUT2D eigenvalue weighted by atomic mass is 10.1. The Morgan fingerprint density at radius 2 is 1.76 bits per heavy atom. The Morgan fingerprint density at radius 1 is 0.905 bits per heavy atom. The van der Waals surface area contributed by atoms with E-state index in [2.05, 4.69) is 69.7 Å². The zero-order valence-electron chi connectivity index (χ0n) is 24.7. The van der Waals surface area contributed by atoms with Crippen LogP contribution in [0.4, 0.5) is 22.9 Å². The number of nitrogens with zero attached hydrogens (tertiary/aromatic N) is 6. The van der Waals surface area contributed by atoms with Gasteiger partial charge in [-0.05, 0) is 81.3 Å². The Balaban J connectivity index is 1.23. The van der Waals surface area contributed by atoms with E-state index in [0.717, 1.165) is 95.3 Å². The zero-order valence-corrected chi connectivity index (χ0v) is 24.7. The number of aromatic nitrogens is 5. The predicted octanol–water partition coefficient (Wildman–Crippen LogP) is 7.41. The lowest BCUT2D eigenvalue weighted by Crippen LogP contribution is -2.24. The Kier molecular flexibility index (Phi) is 7.81. The Morgan fingerprint density at radius 3 is 2.52 bits per heavy atom. The van der Waals surface area contributed by atoms with Gasteiger partial charge < -0.3 is 20.5 Å². The van der Waals surface area contributed by atoms with Crippen molar-refractivity contribution in [1.29, 1.82) is 0 Å². The molecule has 1 aromatic carbocycles. The van der Waals surface area contributed by atoms with Crippen molar-refractivity contribution in [2.75, 3.05) is 35.2 Å². The van der Waals surface area contributed by atoms with Crippen molar-refractivity contribution < 1.29 is 0 Å². The van der Waals surface area contributed by atoms with Gasteiger partial charge in [-0.3, -0.25) is 15.0 Å². The van der Waals surface area contributed by atoms with Crippen LogP contribution >= 0.6 is 0 Å². The molecule has 0 amide bonds. The molecule has 0 bridgehead atoms. The third-order valence-corrected chi connectivity index (χ3v) is 7.32. The van der Waals surface area contributed by atoms with Gasteiger partial charge in [-0.15, -0.1) is 0 Å². The van der Waals surface area contributed by atoms with E-state index in [1.54, 1.807) is 0 Å². The summed E-state index contributed by atoms with van der Waals surface area (Å²) in [7, 11) is 0. The number of rotatable bonds is 10. The first-order valence-electron chi connectivity index (χ1n) is 14.7. The smallest absolute Gasteiger partial charge is 0.180 e. The number of aliphatic imine (C=N–C) groups is 1. The van der Waals surface area contributed by atoms with E-state index >= 15 is 0 Å². The van der Waals surface area contributed by atoms with Crippen LogP contribution in [0, 0.1) is 6.92 Å². The maximum atomic E-state index is 4.78. The van der Waals surface area contributed by atoms with Gasteiger partial charge in [0.25, 0.3) is 0 Å². The number of H-pyrrole nitrogens is 1. The first kappa shape index (κ1) is 27.4. The van der Waals surface area contributed by atoms with Crippen molar-refractivity contribution in [3.05, 3.63) is 72.2 Å². The van der Waals surface area contributed by atoms with E-state index in [4.69, 9.17) is 19.9 Å².